The highest BCUT2D eigenvalue weighted by Crippen LogP contribution is 2.04. The third-order valence-corrected chi connectivity index (χ3v) is 2.61. The second-order valence-corrected chi connectivity index (χ2v) is 3.94. The number of rotatable bonds is 3. The first-order chi connectivity index (χ1) is 8.08. The SMILES string of the molecule is Cc1nn(C)cc1CNC(=O)c1ccnn1C. The van der Waals surface area contributed by atoms with Gasteiger partial charge in [-0.05, 0) is 13.0 Å². The monoisotopic (exact) mass is 233 g/mol. The van der Waals surface area contributed by atoms with Crippen molar-refractivity contribution in [2.45, 2.75) is 13.5 Å². The van der Waals surface area contributed by atoms with E-state index in [0.717, 1.165) is 11.3 Å². The summed E-state index contributed by atoms with van der Waals surface area (Å²) < 4.78 is 3.28. The predicted octanol–water partition coefficient (Wildman–Crippen LogP) is 0.392. The van der Waals surface area contributed by atoms with Crippen molar-refractivity contribution < 1.29 is 4.79 Å². The molecular weight excluding hydrogens is 218 g/mol. The van der Waals surface area contributed by atoms with E-state index in [1.54, 1.807) is 28.7 Å². The van der Waals surface area contributed by atoms with Gasteiger partial charge in [0.25, 0.3) is 5.91 Å². The Labute approximate surface area is 99.2 Å². The number of hydrogen-bond acceptors (Lipinski definition) is 3. The van der Waals surface area contributed by atoms with E-state index < -0.39 is 0 Å². The van der Waals surface area contributed by atoms with Gasteiger partial charge in [-0.2, -0.15) is 10.2 Å². The molecule has 2 heterocycles. The lowest BCUT2D eigenvalue weighted by molar-refractivity contribution is 0.0941. The van der Waals surface area contributed by atoms with Gasteiger partial charge in [-0.3, -0.25) is 14.2 Å². The molecule has 90 valence electrons. The number of amides is 1. The van der Waals surface area contributed by atoms with Crippen molar-refractivity contribution >= 4 is 5.91 Å². The van der Waals surface area contributed by atoms with E-state index in [0.29, 0.717) is 12.2 Å². The van der Waals surface area contributed by atoms with Gasteiger partial charge in [-0.1, -0.05) is 0 Å². The molecule has 1 N–H and O–H groups in total. The minimum Gasteiger partial charge on any atom is -0.347 e. The van der Waals surface area contributed by atoms with Crippen molar-refractivity contribution in [1.82, 2.24) is 24.9 Å². The minimum absolute atomic E-state index is 0.131. The van der Waals surface area contributed by atoms with E-state index in [1.165, 1.54) is 0 Å². The summed E-state index contributed by atoms with van der Waals surface area (Å²) in [6.45, 7) is 2.40. The number of aromatic nitrogens is 4. The Balaban J connectivity index is 2.02. The Morgan fingerprint density at radius 2 is 2.24 bits per heavy atom. The van der Waals surface area contributed by atoms with Crippen LogP contribution in [-0.4, -0.2) is 25.5 Å². The zero-order valence-corrected chi connectivity index (χ0v) is 10.1. The van der Waals surface area contributed by atoms with Gasteiger partial charge in [-0.15, -0.1) is 0 Å². The van der Waals surface area contributed by atoms with Gasteiger partial charge >= 0.3 is 0 Å². The lowest BCUT2D eigenvalue weighted by Crippen LogP contribution is -2.25. The van der Waals surface area contributed by atoms with Crippen molar-refractivity contribution in [2.75, 3.05) is 0 Å². The molecule has 0 spiro atoms. The second kappa shape index (κ2) is 4.40. The van der Waals surface area contributed by atoms with E-state index in [4.69, 9.17) is 0 Å². The largest absolute Gasteiger partial charge is 0.347 e. The summed E-state index contributed by atoms with van der Waals surface area (Å²) in [6, 6.07) is 1.69. The number of nitrogens with zero attached hydrogens (tertiary/aromatic N) is 4. The third-order valence-electron chi connectivity index (χ3n) is 2.61. The summed E-state index contributed by atoms with van der Waals surface area (Å²) in [4.78, 5) is 11.8. The molecule has 0 aliphatic heterocycles. The van der Waals surface area contributed by atoms with Crippen LogP contribution in [0.4, 0.5) is 0 Å². The van der Waals surface area contributed by atoms with E-state index in [9.17, 15) is 4.79 Å². The van der Waals surface area contributed by atoms with Crippen LogP contribution in [0.5, 0.6) is 0 Å². The van der Waals surface area contributed by atoms with Crippen LogP contribution in [-0.2, 0) is 20.6 Å². The number of hydrogen-bond donors (Lipinski definition) is 1. The predicted molar refractivity (Wildman–Crippen MR) is 62.3 cm³/mol. The molecule has 0 aliphatic rings. The van der Waals surface area contributed by atoms with Gasteiger partial charge in [0.15, 0.2) is 0 Å². The normalized spacial score (nSPS) is 10.5. The van der Waals surface area contributed by atoms with Crippen LogP contribution < -0.4 is 5.32 Å². The van der Waals surface area contributed by atoms with Gasteiger partial charge in [0.05, 0.1) is 5.69 Å². The highest BCUT2D eigenvalue weighted by molar-refractivity contribution is 5.92. The average Bonchev–Trinajstić information content (AvgIpc) is 2.81. The Bertz CT molecular complexity index is 540. The zero-order chi connectivity index (χ0) is 12.4. The first-order valence-electron chi connectivity index (χ1n) is 5.33. The van der Waals surface area contributed by atoms with Crippen LogP contribution in [0.1, 0.15) is 21.7 Å². The fourth-order valence-electron chi connectivity index (χ4n) is 1.68. The van der Waals surface area contributed by atoms with Crippen LogP contribution in [0, 0.1) is 6.92 Å². The Hall–Kier alpha value is -2.11. The Kier molecular flexibility index (Phi) is 2.95. The zero-order valence-electron chi connectivity index (χ0n) is 10.1. The fourth-order valence-corrected chi connectivity index (χ4v) is 1.68. The van der Waals surface area contributed by atoms with Crippen LogP contribution in [0.25, 0.3) is 0 Å². The van der Waals surface area contributed by atoms with Crippen LogP contribution in [0.15, 0.2) is 18.5 Å². The van der Waals surface area contributed by atoms with Gasteiger partial charge < -0.3 is 5.32 Å². The number of carbonyl (C=O) groups is 1. The standard InChI is InChI=1S/C11H15N5O/c1-8-9(7-15(2)14-8)6-12-11(17)10-4-5-13-16(10)3/h4-5,7H,6H2,1-3H3,(H,12,17). The maximum absolute atomic E-state index is 11.8. The molecule has 0 fully saturated rings. The third kappa shape index (κ3) is 2.35. The summed E-state index contributed by atoms with van der Waals surface area (Å²) in [5.41, 5.74) is 2.49. The average molecular weight is 233 g/mol. The summed E-state index contributed by atoms with van der Waals surface area (Å²) in [5.74, 6) is -0.131. The molecule has 0 aliphatic carbocycles. The smallest absolute Gasteiger partial charge is 0.269 e. The minimum atomic E-state index is -0.131. The van der Waals surface area contributed by atoms with Gasteiger partial charge in [0.2, 0.25) is 0 Å². The van der Waals surface area contributed by atoms with Crippen molar-refractivity contribution in [1.29, 1.82) is 0 Å². The van der Waals surface area contributed by atoms with E-state index in [-0.39, 0.29) is 5.91 Å². The lowest BCUT2D eigenvalue weighted by atomic mass is 10.2. The summed E-state index contributed by atoms with van der Waals surface area (Å²) in [7, 11) is 3.60. The summed E-state index contributed by atoms with van der Waals surface area (Å²) in [6.07, 6.45) is 3.50. The number of aryl methyl sites for hydroxylation is 3. The molecule has 0 atom stereocenters. The van der Waals surface area contributed by atoms with E-state index in [2.05, 4.69) is 15.5 Å². The molecule has 17 heavy (non-hydrogen) atoms. The Morgan fingerprint density at radius 3 is 2.76 bits per heavy atom. The van der Waals surface area contributed by atoms with Crippen LogP contribution in [0.3, 0.4) is 0 Å². The van der Waals surface area contributed by atoms with E-state index >= 15 is 0 Å². The fraction of sp³-hybridized carbons (Fsp3) is 0.364. The first kappa shape index (κ1) is 11.4. The molecule has 6 nitrogen and oxygen atoms in total. The number of nitrogens with one attached hydrogen (secondary N) is 1. The highest BCUT2D eigenvalue weighted by Gasteiger charge is 2.10. The molecule has 1 amide bonds. The quantitative estimate of drug-likeness (QED) is 0.834. The molecule has 2 aromatic heterocycles. The number of carbonyl (C=O) groups excluding carboxylic acids is 1. The van der Waals surface area contributed by atoms with Crippen molar-refractivity contribution in [3.05, 3.63) is 35.4 Å². The molecule has 0 bridgehead atoms. The first-order valence-corrected chi connectivity index (χ1v) is 5.33. The van der Waals surface area contributed by atoms with E-state index in [1.807, 2.05) is 20.2 Å². The van der Waals surface area contributed by atoms with Gasteiger partial charge in [0, 0.05) is 38.6 Å². The molecule has 2 rings (SSSR count). The van der Waals surface area contributed by atoms with Crippen LogP contribution >= 0.6 is 0 Å². The highest BCUT2D eigenvalue weighted by atomic mass is 16.2. The maximum Gasteiger partial charge on any atom is 0.269 e. The molecule has 0 saturated heterocycles. The molecule has 0 unspecified atom stereocenters. The summed E-state index contributed by atoms with van der Waals surface area (Å²) >= 11 is 0. The maximum atomic E-state index is 11.8. The van der Waals surface area contributed by atoms with Crippen LogP contribution in [0.2, 0.25) is 0 Å². The lowest BCUT2D eigenvalue weighted by Gasteiger charge is -2.04. The molecular formula is C11H15N5O. The topological polar surface area (TPSA) is 64.7 Å². The van der Waals surface area contributed by atoms with Gasteiger partial charge in [0.1, 0.15) is 5.69 Å². The Morgan fingerprint density at radius 1 is 1.47 bits per heavy atom. The van der Waals surface area contributed by atoms with Crippen molar-refractivity contribution in [3.63, 3.8) is 0 Å². The second-order valence-electron chi connectivity index (χ2n) is 3.94. The summed E-state index contributed by atoms with van der Waals surface area (Å²) in [5, 5.41) is 11.0. The van der Waals surface area contributed by atoms with Crippen molar-refractivity contribution in [2.24, 2.45) is 14.1 Å². The molecule has 0 aromatic carbocycles. The van der Waals surface area contributed by atoms with Crippen molar-refractivity contribution in [3.8, 4) is 0 Å². The molecule has 0 saturated carbocycles. The molecule has 2 aromatic rings. The molecule has 6 heteroatoms. The van der Waals surface area contributed by atoms with Gasteiger partial charge in [-0.25, -0.2) is 0 Å². The molecule has 0 radical (unpaired) electrons.